The number of rotatable bonds is 4. The second-order valence-electron chi connectivity index (χ2n) is 4.10. The third-order valence-corrected chi connectivity index (χ3v) is 2.72. The van der Waals surface area contributed by atoms with Gasteiger partial charge < -0.3 is 11.1 Å². The molecule has 1 atom stereocenters. The number of nitrogens with one attached hydrogen (secondary N) is 1. The topological polar surface area (TPSA) is 72.2 Å². The van der Waals surface area contributed by atoms with Crippen LogP contribution in [0, 0.1) is 0 Å². The lowest BCUT2D eigenvalue weighted by Gasteiger charge is -2.13. The summed E-state index contributed by atoms with van der Waals surface area (Å²) in [7, 11) is 0. The van der Waals surface area contributed by atoms with E-state index in [0.717, 1.165) is 0 Å². The molecular formula is C15H14N2O2. The Morgan fingerprint density at radius 1 is 0.895 bits per heavy atom. The molecule has 0 aliphatic carbocycles. The molecule has 0 heterocycles. The van der Waals surface area contributed by atoms with Crippen LogP contribution in [0.4, 0.5) is 5.69 Å². The molecule has 2 amide bonds. The van der Waals surface area contributed by atoms with Gasteiger partial charge in [0.05, 0.1) is 0 Å². The van der Waals surface area contributed by atoms with Gasteiger partial charge in [-0.3, -0.25) is 9.59 Å². The van der Waals surface area contributed by atoms with Gasteiger partial charge in [-0.2, -0.15) is 0 Å². The Labute approximate surface area is 111 Å². The van der Waals surface area contributed by atoms with Gasteiger partial charge in [0.15, 0.2) is 0 Å². The Kier molecular flexibility index (Phi) is 3.93. The Hall–Kier alpha value is -2.62. The zero-order valence-corrected chi connectivity index (χ0v) is 10.2. The summed E-state index contributed by atoms with van der Waals surface area (Å²) in [5, 5.41) is 2.68. The molecule has 4 nitrogen and oxygen atoms in total. The van der Waals surface area contributed by atoms with Gasteiger partial charge in [-0.05, 0) is 17.7 Å². The first kappa shape index (κ1) is 12.8. The van der Waals surface area contributed by atoms with E-state index < -0.39 is 17.7 Å². The third kappa shape index (κ3) is 3.19. The van der Waals surface area contributed by atoms with Crippen LogP contribution >= 0.6 is 0 Å². The van der Waals surface area contributed by atoms with Crippen molar-refractivity contribution in [3.05, 3.63) is 66.2 Å². The third-order valence-electron chi connectivity index (χ3n) is 2.72. The van der Waals surface area contributed by atoms with Crippen molar-refractivity contribution in [2.75, 3.05) is 5.32 Å². The van der Waals surface area contributed by atoms with Gasteiger partial charge in [0, 0.05) is 5.69 Å². The average Bonchev–Trinajstić information content (AvgIpc) is 2.40. The van der Waals surface area contributed by atoms with Crippen LogP contribution in [-0.2, 0) is 9.59 Å². The molecule has 3 N–H and O–H groups in total. The molecule has 2 aromatic carbocycles. The summed E-state index contributed by atoms with van der Waals surface area (Å²) >= 11 is 0. The molecule has 0 spiro atoms. The number of hydrogen-bond acceptors (Lipinski definition) is 2. The minimum absolute atomic E-state index is 0.426. The van der Waals surface area contributed by atoms with Crippen molar-refractivity contribution in [2.45, 2.75) is 5.92 Å². The van der Waals surface area contributed by atoms with E-state index in [0.29, 0.717) is 11.3 Å². The number of carbonyl (C=O) groups excluding carboxylic acids is 2. The van der Waals surface area contributed by atoms with Crippen molar-refractivity contribution in [2.24, 2.45) is 5.73 Å². The average molecular weight is 254 g/mol. The fraction of sp³-hybridized carbons (Fsp3) is 0.0667. The van der Waals surface area contributed by atoms with Gasteiger partial charge in [0.1, 0.15) is 5.92 Å². The summed E-state index contributed by atoms with van der Waals surface area (Å²) < 4.78 is 0. The van der Waals surface area contributed by atoms with Crippen LogP contribution in [0.2, 0.25) is 0 Å². The summed E-state index contributed by atoms with van der Waals surface area (Å²) in [5.74, 6) is -2.08. The number of primary amides is 1. The molecule has 0 radical (unpaired) electrons. The van der Waals surface area contributed by atoms with Gasteiger partial charge in [-0.1, -0.05) is 48.5 Å². The van der Waals surface area contributed by atoms with E-state index in [1.54, 1.807) is 48.5 Å². The molecule has 0 fully saturated rings. The maximum atomic E-state index is 12.1. The van der Waals surface area contributed by atoms with E-state index in [-0.39, 0.29) is 0 Å². The van der Waals surface area contributed by atoms with Crippen molar-refractivity contribution in [3.8, 4) is 0 Å². The van der Waals surface area contributed by atoms with Crippen molar-refractivity contribution in [1.29, 1.82) is 0 Å². The summed E-state index contributed by atoms with van der Waals surface area (Å²) in [4.78, 5) is 23.6. The molecule has 2 aromatic rings. The summed E-state index contributed by atoms with van der Waals surface area (Å²) in [5.41, 5.74) is 6.54. The van der Waals surface area contributed by atoms with E-state index in [1.165, 1.54) is 0 Å². The lowest BCUT2D eigenvalue weighted by atomic mass is 9.97. The van der Waals surface area contributed by atoms with Crippen LogP contribution in [0.3, 0.4) is 0 Å². The second-order valence-corrected chi connectivity index (χ2v) is 4.10. The summed E-state index contributed by atoms with van der Waals surface area (Å²) in [6, 6.07) is 17.7. The molecular weight excluding hydrogens is 240 g/mol. The van der Waals surface area contributed by atoms with Crippen LogP contribution in [-0.4, -0.2) is 11.8 Å². The van der Waals surface area contributed by atoms with Crippen LogP contribution < -0.4 is 11.1 Å². The first-order valence-electron chi connectivity index (χ1n) is 5.88. The SMILES string of the molecule is NC(=O)C(C(=O)Nc1ccccc1)c1ccccc1. The Morgan fingerprint density at radius 3 is 1.95 bits per heavy atom. The highest BCUT2D eigenvalue weighted by Gasteiger charge is 2.26. The van der Waals surface area contributed by atoms with E-state index in [2.05, 4.69) is 5.32 Å². The van der Waals surface area contributed by atoms with Gasteiger partial charge in [0.25, 0.3) is 0 Å². The highest BCUT2D eigenvalue weighted by Crippen LogP contribution is 2.17. The molecule has 0 saturated carbocycles. The molecule has 19 heavy (non-hydrogen) atoms. The zero-order chi connectivity index (χ0) is 13.7. The first-order valence-corrected chi connectivity index (χ1v) is 5.88. The fourth-order valence-corrected chi connectivity index (χ4v) is 1.83. The molecule has 0 aliphatic heterocycles. The zero-order valence-electron chi connectivity index (χ0n) is 10.2. The van der Waals surface area contributed by atoms with Crippen LogP contribution in [0.25, 0.3) is 0 Å². The predicted octanol–water partition coefficient (Wildman–Crippen LogP) is 1.89. The van der Waals surface area contributed by atoms with Crippen molar-refractivity contribution in [1.82, 2.24) is 0 Å². The molecule has 0 aliphatic rings. The predicted molar refractivity (Wildman–Crippen MR) is 73.4 cm³/mol. The van der Waals surface area contributed by atoms with E-state index in [1.807, 2.05) is 12.1 Å². The quantitative estimate of drug-likeness (QED) is 0.818. The lowest BCUT2D eigenvalue weighted by Crippen LogP contribution is -2.32. The largest absolute Gasteiger partial charge is 0.369 e. The van der Waals surface area contributed by atoms with Gasteiger partial charge >= 0.3 is 0 Å². The molecule has 4 heteroatoms. The summed E-state index contributed by atoms with van der Waals surface area (Å²) in [6.07, 6.45) is 0. The minimum Gasteiger partial charge on any atom is -0.369 e. The Balaban J connectivity index is 2.21. The van der Waals surface area contributed by atoms with Crippen LogP contribution in [0.5, 0.6) is 0 Å². The number of nitrogens with two attached hydrogens (primary N) is 1. The van der Waals surface area contributed by atoms with Crippen molar-refractivity contribution >= 4 is 17.5 Å². The van der Waals surface area contributed by atoms with E-state index in [9.17, 15) is 9.59 Å². The second kappa shape index (κ2) is 5.82. The molecule has 0 bridgehead atoms. The lowest BCUT2D eigenvalue weighted by molar-refractivity contribution is -0.127. The Morgan fingerprint density at radius 2 is 1.42 bits per heavy atom. The van der Waals surface area contributed by atoms with E-state index in [4.69, 9.17) is 5.73 Å². The highest BCUT2D eigenvalue weighted by molar-refractivity contribution is 6.10. The molecule has 0 saturated heterocycles. The smallest absolute Gasteiger partial charge is 0.241 e. The number of hydrogen-bond donors (Lipinski definition) is 2. The number of para-hydroxylation sites is 1. The van der Waals surface area contributed by atoms with Gasteiger partial charge in [0.2, 0.25) is 11.8 Å². The molecule has 0 aromatic heterocycles. The monoisotopic (exact) mass is 254 g/mol. The van der Waals surface area contributed by atoms with Gasteiger partial charge in [-0.25, -0.2) is 0 Å². The molecule has 96 valence electrons. The maximum absolute atomic E-state index is 12.1. The van der Waals surface area contributed by atoms with Crippen LogP contribution in [0.1, 0.15) is 11.5 Å². The standard InChI is InChI=1S/C15H14N2O2/c16-14(18)13(11-7-3-1-4-8-11)15(19)17-12-9-5-2-6-10-12/h1-10,13H,(H2,16,18)(H,17,19). The minimum atomic E-state index is -0.985. The normalized spacial score (nSPS) is 11.6. The number of benzene rings is 2. The van der Waals surface area contributed by atoms with Crippen molar-refractivity contribution in [3.63, 3.8) is 0 Å². The highest BCUT2D eigenvalue weighted by atomic mass is 16.2. The first-order chi connectivity index (χ1) is 9.18. The Bertz CT molecular complexity index is 567. The van der Waals surface area contributed by atoms with E-state index >= 15 is 0 Å². The van der Waals surface area contributed by atoms with Gasteiger partial charge in [-0.15, -0.1) is 0 Å². The summed E-state index contributed by atoms with van der Waals surface area (Å²) in [6.45, 7) is 0. The maximum Gasteiger partial charge on any atom is 0.241 e. The number of anilines is 1. The number of amides is 2. The molecule has 1 unspecified atom stereocenters. The number of carbonyl (C=O) groups is 2. The van der Waals surface area contributed by atoms with Crippen molar-refractivity contribution < 1.29 is 9.59 Å². The fourth-order valence-electron chi connectivity index (χ4n) is 1.83. The molecule has 2 rings (SSSR count). The van der Waals surface area contributed by atoms with Crippen LogP contribution in [0.15, 0.2) is 60.7 Å².